The van der Waals surface area contributed by atoms with Crippen molar-refractivity contribution in [1.82, 2.24) is 15.1 Å². The van der Waals surface area contributed by atoms with Crippen molar-refractivity contribution in [2.45, 2.75) is 44.1 Å². The Labute approximate surface area is 124 Å². The van der Waals surface area contributed by atoms with Gasteiger partial charge in [0.05, 0.1) is 17.8 Å². The summed E-state index contributed by atoms with van der Waals surface area (Å²) in [5.41, 5.74) is 0.773. The van der Waals surface area contributed by atoms with Gasteiger partial charge in [-0.15, -0.1) is 5.10 Å². The lowest BCUT2D eigenvalue weighted by Gasteiger charge is -2.39. The molecule has 21 heavy (non-hydrogen) atoms. The van der Waals surface area contributed by atoms with Crippen LogP contribution >= 0.6 is 0 Å². The van der Waals surface area contributed by atoms with Crippen molar-refractivity contribution in [2.24, 2.45) is 0 Å². The summed E-state index contributed by atoms with van der Waals surface area (Å²) >= 11 is 0. The highest BCUT2D eigenvalue weighted by molar-refractivity contribution is 5.88. The summed E-state index contributed by atoms with van der Waals surface area (Å²) in [6, 6.07) is 3.65. The Hall–Kier alpha value is -1.69. The Morgan fingerprint density at radius 1 is 1.43 bits per heavy atom. The Bertz CT molecular complexity index is 515. The largest absolute Gasteiger partial charge is 0.377 e. The standard InChI is InChI=1S/C15H22N4O2/c1-15(21-2)8-3-9-19(10-15)14(20)16-13-7-6-12(17-18-13)11-4-5-11/h6-7,11H,3-5,8-10H2,1-2H3,(H,16,18,20). The van der Waals surface area contributed by atoms with Gasteiger partial charge in [0.25, 0.3) is 0 Å². The van der Waals surface area contributed by atoms with Crippen LogP contribution in [0.25, 0.3) is 0 Å². The molecule has 3 rings (SSSR count). The van der Waals surface area contributed by atoms with E-state index in [0.717, 1.165) is 25.1 Å². The van der Waals surface area contributed by atoms with Crippen LogP contribution < -0.4 is 5.32 Å². The third-order valence-electron chi connectivity index (χ3n) is 4.35. The molecule has 6 heteroatoms. The number of piperidine rings is 1. The molecule has 1 saturated heterocycles. The molecule has 1 saturated carbocycles. The molecule has 2 heterocycles. The maximum atomic E-state index is 12.3. The van der Waals surface area contributed by atoms with Crippen LogP contribution in [0.5, 0.6) is 0 Å². The van der Waals surface area contributed by atoms with Gasteiger partial charge in [-0.2, -0.15) is 5.10 Å². The predicted octanol–water partition coefficient (Wildman–Crippen LogP) is 2.39. The van der Waals surface area contributed by atoms with Gasteiger partial charge in [-0.25, -0.2) is 4.79 Å². The Balaban J connectivity index is 1.60. The molecular formula is C15H22N4O2. The zero-order valence-electron chi connectivity index (χ0n) is 12.6. The topological polar surface area (TPSA) is 67.3 Å². The van der Waals surface area contributed by atoms with Gasteiger partial charge in [-0.05, 0) is 44.7 Å². The van der Waals surface area contributed by atoms with Gasteiger partial charge in [0.1, 0.15) is 0 Å². The van der Waals surface area contributed by atoms with E-state index in [1.165, 1.54) is 12.8 Å². The van der Waals surface area contributed by atoms with E-state index in [9.17, 15) is 4.79 Å². The number of methoxy groups -OCH3 is 1. The smallest absolute Gasteiger partial charge is 0.323 e. The highest BCUT2D eigenvalue weighted by Crippen LogP contribution is 2.38. The Morgan fingerprint density at radius 3 is 2.86 bits per heavy atom. The lowest BCUT2D eigenvalue weighted by molar-refractivity contribution is -0.0389. The maximum Gasteiger partial charge on any atom is 0.323 e. The Kier molecular flexibility index (Phi) is 3.80. The summed E-state index contributed by atoms with van der Waals surface area (Å²) in [5.74, 6) is 1.08. The fraction of sp³-hybridized carbons (Fsp3) is 0.667. The van der Waals surface area contributed by atoms with Gasteiger partial charge >= 0.3 is 6.03 Å². The number of carbonyl (C=O) groups excluding carboxylic acids is 1. The summed E-state index contributed by atoms with van der Waals surface area (Å²) in [4.78, 5) is 14.1. The lowest BCUT2D eigenvalue weighted by atomic mass is 9.95. The molecule has 2 amide bonds. The van der Waals surface area contributed by atoms with Gasteiger partial charge in [0.15, 0.2) is 5.82 Å². The first-order chi connectivity index (χ1) is 10.1. The quantitative estimate of drug-likeness (QED) is 0.928. The van der Waals surface area contributed by atoms with Gasteiger partial charge in [-0.1, -0.05) is 0 Å². The van der Waals surface area contributed by atoms with Crippen LogP contribution in [0, 0.1) is 0 Å². The van der Waals surface area contributed by atoms with Crippen LogP contribution in [0.3, 0.4) is 0 Å². The van der Waals surface area contributed by atoms with Gasteiger partial charge in [0, 0.05) is 19.6 Å². The average molecular weight is 290 g/mol. The van der Waals surface area contributed by atoms with Gasteiger partial charge in [-0.3, -0.25) is 5.32 Å². The molecule has 1 atom stereocenters. The number of likely N-dealkylation sites (tertiary alicyclic amines) is 1. The van der Waals surface area contributed by atoms with Crippen LogP contribution in [0.15, 0.2) is 12.1 Å². The third-order valence-corrected chi connectivity index (χ3v) is 4.35. The van der Waals surface area contributed by atoms with Crippen molar-refractivity contribution in [1.29, 1.82) is 0 Å². The van der Waals surface area contributed by atoms with Crippen molar-refractivity contribution < 1.29 is 9.53 Å². The van der Waals surface area contributed by atoms with Crippen molar-refractivity contribution in [3.8, 4) is 0 Å². The zero-order valence-corrected chi connectivity index (χ0v) is 12.6. The molecule has 1 aliphatic heterocycles. The number of anilines is 1. The number of hydrogen-bond acceptors (Lipinski definition) is 4. The molecule has 2 fully saturated rings. The molecule has 1 aromatic heterocycles. The average Bonchev–Trinajstić information content (AvgIpc) is 3.33. The van der Waals surface area contributed by atoms with Gasteiger partial charge in [0.2, 0.25) is 0 Å². The third kappa shape index (κ3) is 3.32. The minimum Gasteiger partial charge on any atom is -0.377 e. The van der Waals surface area contributed by atoms with Gasteiger partial charge < -0.3 is 9.64 Å². The summed E-state index contributed by atoms with van der Waals surface area (Å²) in [7, 11) is 1.70. The van der Waals surface area contributed by atoms with Crippen molar-refractivity contribution in [2.75, 3.05) is 25.5 Å². The highest BCUT2D eigenvalue weighted by atomic mass is 16.5. The van der Waals surface area contributed by atoms with Crippen LogP contribution in [0.2, 0.25) is 0 Å². The van der Waals surface area contributed by atoms with E-state index in [2.05, 4.69) is 15.5 Å². The van der Waals surface area contributed by atoms with E-state index in [0.29, 0.717) is 18.3 Å². The molecule has 0 aromatic carbocycles. The molecule has 1 aromatic rings. The molecule has 1 unspecified atom stereocenters. The van der Waals surface area contributed by atoms with E-state index < -0.39 is 0 Å². The van der Waals surface area contributed by atoms with Crippen molar-refractivity contribution in [3.05, 3.63) is 17.8 Å². The first-order valence-corrected chi connectivity index (χ1v) is 7.54. The lowest BCUT2D eigenvalue weighted by Crippen LogP contribution is -2.50. The minimum atomic E-state index is -0.253. The van der Waals surface area contributed by atoms with Crippen LogP contribution in [-0.4, -0.2) is 46.9 Å². The van der Waals surface area contributed by atoms with E-state index in [-0.39, 0.29) is 11.6 Å². The second-order valence-corrected chi connectivity index (χ2v) is 6.23. The van der Waals surface area contributed by atoms with E-state index in [1.807, 2.05) is 19.1 Å². The second-order valence-electron chi connectivity index (χ2n) is 6.23. The normalized spacial score (nSPS) is 25.7. The number of carbonyl (C=O) groups is 1. The maximum absolute atomic E-state index is 12.3. The van der Waals surface area contributed by atoms with Crippen LogP contribution in [-0.2, 0) is 4.74 Å². The second kappa shape index (κ2) is 5.60. The Morgan fingerprint density at radius 2 is 2.24 bits per heavy atom. The first kappa shape index (κ1) is 14.3. The monoisotopic (exact) mass is 290 g/mol. The molecule has 114 valence electrons. The fourth-order valence-corrected chi connectivity index (χ4v) is 2.74. The number of aromatic nitrogens is 2. The van der Waals surface area contributed by atoms with E-state index in [1.54, 1.807) is 12.0 Å². The summed E-state index contributed by atoms with van der Waals surface area (Å²) in [6.07, 6.45) is 4.32. The summed E-state index contributed by atoms with van der Waals surface area (Å²) < 4.78 is 5.51. The SMILES string of the molecule is COC1(C)CCCN(C(=O)Nc2ccc(C3CC3)nn2)C1. The predicted molar refractivity (Wildman–Crippen MR) is 79.2 cm³/mol. The molecule has 2 aliphatic rings. The highest BCUT2D eigenvalue weighted by Gasteiger charge is 2.33. The number of ether oxygens (including phenoxy) is 1. The molecular weight excluding hydrogens is 268 g/mol. The molecule has 0 radical (unpaired) electrons. The number of hydrogen-bond donors (Lipinski definition) is 1. The first-order valence-electron chi connectivity index (χ1n) is 7.54. The van der Waals surface area contributed by atoms with Crippen LogP contribution in [0.1, 0.15) is 44.2 Å². The molecule has 1 aliphatic carbocycles. The molecule has 1 N–H and O–H groups in total. The number of urea groups is 1. The van der Waals surface area contributed by atoms with Crippen LogP contribution in [0.4, 0.5) is 10.6 Å². The summed E-state index contributed by atoms with van der Waals surface area (Å²) in [6.45, 7) is 3.39. The van der Waals surface area contributed by atoms with Crippen molar-refractivity contribution >= 4 is 11.8 Å². The molecule has 0 spiro atoms. The number of rotatable bonds is 3. The fourth-order valence-electron chi connectivity index (χ4n) is 2.74. The number of nitrogens with zero attached hydrogens (tertiary/aromatic N) is 3. The summed E-state index contributed by atoms with van der Waals surface area (Å²) in [5, 5.41) is 11.1. The molecule has 0 bridgehead atoms. The number of amides is 2. The number of nitrogens with one attached hydrogen (secondary N) is 1. The van der Waals surface area contributed by atoms with E-state index in [4.69, 9.17) is 4.74 Å². The molecule has 6 nitrogen and oxygen atoms in total. The van der Waals surface area contributed by atoms with E-state index >= 15 is 0 Å². The minimum absolute atomic E-state index is 0.133. The zero-order chi connectivity index (χ0) is 14.9. The van der Waals surface area contributed by atoms with Crippen molar-refractivity contribution in [3.63, 3.8) is 0 Å².